The maximum atomic E-state index is 12.5. The van der Waals surface area contributed by atoms with E-state index in [0.717, 1.165) is 5.56 Å². The predicted octanol–water partition coefficient (Wildman–Crippen LogP) is 2.19. The van der Waals surface area contributed by atoms with E-state index in [1.807, 2.05) is 62.6 Å². The van der Waals surface area contributed by atoms with Crippen LogP contribution in [0.1, 0.15) is 24.6 Å². The van der Waals surface area contributed by atoms with Crippen molar-refractivity contribution in [3.05, 3.63) is 66.0 Å². The van der Waals surface area contributed by atoms with Crippen LogP contribution in [0.2, 0.25) is 0 Å². The van der Waals surface area contributed by atoms with Crippen LogP contribution in [0.15, 0.2) is 54.7 Å². The van der Waals surface area contributed by atoms with E-state index in [4.69, 9.17) is 5.73 Å². The molecule has 1 aromatic carbocycles. The average molecular weight is 297 g/mol. The second kappa shape index (κ2) is 6.71. The average Bonchev–Trinajstić information content (AvgIpc) is 2.53. The van der Waals surface area contributed by atoms with Gasteiger partial charge in [-0.25, -0.2) is 0 Å². The number of pyridine rings is 1. The molecule has 2 atom stereocenters. The SMILES string of the molecule is C[C@H](C[C@](C(N)=O)(c1ccccc1)c1ccccn1)N(C)C. The van der Waals surface area contributed by atoms with Crippen molar-refractivity contribution in [2.24, 2.45) is 5.73 Å². The fourth-order valence-electron chi connectivity index (χ4n) is 2.70. The summed E-state index contributed by atoms with van der Waals surface area (Å²) in [5.74, 6) is -0.369. The summed E-state index contributed by atoms with van der Waals surface area (Å²) in [6.07, 6.45) is 2.28. The molecule has 1 aromatic heterocycles. The molecule has 0 aliphatic carbocycles. The molecule has 2 aromatic rings. The minimum absolute atomic E-state index is 0.176. The molecule has 4 heteroatoms. The lowest BCUT2D eigenvalue weighted by Gasteiger charge is -2.35. The molecule has 1 heterocycles. The van der Waals surface area contributed by atoms with Gasteiger partial charge in [0.1, 0.15) is 5.41 Å². The van der Waals surface area contributed by atoms with Crippen LogP contribution in [0.3, 0.4) is 0 Å². The Balaban J connectivity index is 2.63. The Morgan fingerprint density at radius 2 is 1.82 bits per heavy atom. The molecule has 116 valence electrons. The van der Waals surface area contributed by atoms with Crippen molar-refractivity contribution < 1.29 is 4.79 Å². The normalized spacial score (nSPS) is 15.3. The lowest BCUT2D eigenvalue weighted by atomic mass is 9.72. The summed E-state index contributed by atoms with van der Waals surface area (Å²) in [6, 6.07) is 15.5. The first-order valence-electron chi connectivity index (χ1n) is 7.42. The van der Waals surface area contributed by atoms with E-state index in [2.05, 4.69) is 16.8 Å². The highest BCUT2D eigenvalue weighted by Crippen LogP contribution is 2.36. The standard InChI is InChI=1S/C18H23N3O/c1-14(21(2)3)13-18(17(19)22,15-9-5-4-6-10-15)16-11-7-8-12-20-16/h4-12,14H,13H2,1-3H3,(H2,19,22)/t14-,18+/m1/s1. The minimum Gasteiger partial charge on any atom is -0.369 e. The van der Waals surface area contributed by atoms with E-state index in [9.17, 15) is 4.79 Å². The number of aromatic nitrogens is 1. The van der Waals surface area contributed by atoms with E-state index >= 15 is 0 Å². The maximum absolute atomic E-state index is 12.5. The molecule has 4 nitrogen and oxygen atoms in total. The minimum atomic E-state index is -0.924. The van der Waals surface area contributed by atoms with Crippen LogP contribution in [0.25, 0.3) is 0 Å². The fourth-order valence-corrected chi connectivity index (χ4v) is 2.70. The van der Waals surface area contributed by atoms with Crippen molar-refractivity contribution in [2.75, 3.05) is 14.1 Å². The number of benzene rings is 1. The van der Waals surface area contributed by atoms with Gasteiger partial charge in [-0.15, -0.1) is 0 Å². The fraction of sp³-hybridized carbons (Fsp3) is 0.333. The summed E-state index contributed by atoms with van der Waals surface area (Å²) in [6.45, 7) is 2.09. The number of nitrogens with zero attached hydrogens (tertiary/aromatic N) is 2. The zero-order valence-corrected chi connectivity index (χ0v) is 13.4. The number of hydrogen-bond donors (Lipinski definition) is 1. The van der Waals surface area contributed by atoms with Gasteiger partial charge in [-0.05, 0) is 45.1 Å². The molecule has 0 bridgehead atoms. The van der Waals surface area contributed by atoms with E-state index in [1.54, 1.807) is 6.20 Å². The van der Waals surface area contributed by atoms with Crippen molar-refractivity contribution in [3.8, 4) is 0 Å². The molecule has 0 fully saturated rings. The molecule has 0 radical (unpaired) electrons. The number of rotatable bonds is 6. The van der Waals surface area contributed by atoms with Crippen LogP contribution in [-0.2, 0) is 10.2 Å². The van der Waals surface area contributed by atoms with Gasteiger partial charge in [0.2, 0.25) is 5.91 Å². The number of hydrogen-bond acceptors (Lipinski definition) is 3. The molecule has 0 saturated heterocycles. The van der Waals surface area contributed by atoms with Crippen molar-refractivity contribution in [1.29, 1.82) is 0 Å². The van der Waals surface area contributed by atoms with Gasteiger partial charge in [0, 0.05) is 12.2 Å². The van der Waals surface area contributed by atoms with Crippen molar-refractivity contribution in [2.45, 2.75) is 24.8 Å². The molecule has 2 rings (SSSR count). The zero-order valence-electron chi connectivity index (χ0n) is 13.4. The molecule has 22 heavy (non-hydrogen) atoms. The smallest absolute Gasteiger partial charge is 0.234 e. The van der Waals surface area contributed by atoms with Crippen LogP contribution < -0.4 is 5.73 Å². The quantitative estimate of drug-likeness (QED) is 0.889. The Morgan fingerprint density at radius 3 is 2.32 bits per heavy atom. The molecule has 0 aliphatic rings. The number of primary amides is 1. The maximum Gasteiger partial charge on any atom is 0.234 e. The van der Waals surface area contributed by atoms with Gasteiger partial charge in [0.15, 0.2) is 0 Å². The van der Waals surface area contributed by atoms with Crippen LogP contribution in [-0.4, -0.2) is 35.9 Å². The summed E-state index contributed by atoms with van der Waals surface area (Å²) in [7, 11) is 4.00. The Bertz CT molecular complexity index is 571. The third kappa shape index (κ3) is 3.02. The Morgan fingerprint density at radius 1 is 1.18 bits per heavy atom. The van der Waals surface area contributed by atoms with Gasteiger partial charge in [-0.1, -0.05) is 36.4 Å². The highest BCUT2D eigenvalue weighted by atomic mass is 16.1. The first kappa shape index (κ1) is 16.2. The molecular formula is C18H23N3O. The van der Waals surface area contributed by atoms with Crippen LogP contribution >= 0.6 is 0 Å². The van der Waals surface area contributed by atoms with Gasteiger partial charge in [-0.2, -0.15) is 0 Å². The number of carbonyl (C=O) groups is 1. The molecule has 0 unspecified atom stereocenters. The summed E-state index contributed by atoms with van der Waals surface area (Å²) in [5, 5.41) is 0. The Labute approximate surface area is 132 Å². The highest BCUT2D eigenvalue weighted by Gasteiger charge is 2.43. The molecule has 1 amide bonds. The summed E-state index contributed by atoms with van der Waals surface area (Å²) >= 11 is 0. The van der Waals surface area contributed by atoms with Gasteiger partial charge in [-0.3, -0.25) is 9.78 Å². The Kier molecular flexibility index (Phi) is 4.93. The van der Waals surface area contributed by atoms with Gasteiger partial charge < -0.3 is 10.6 Å². The molecule has 0 spiro atoms. The second-order valence-corrected chi connectivity index (χ2v) is 5.87. The van der Waals surface area contributed by atoms with Crippen molar-refractivity contribution in [3.63, 3.8) is 0 Å². The third-order valence-corrected chi connectivity index (χ3v) is 4.27. The largest absolute Gasteiger partial charge is 0.369 e. The zero-order chi connectivity index (χ0) is 16.2. The first-order chi connectivity index (χ1) is 10.5. The van der Waals surface area contributed by atoms with Gasteiger partial charge in [0.25, 0.3) is 0 Å². The Hall–Kier alpha value is -2.20. The summed E-state index contributed by atoms with van der Waals surface area (Å²) in [4.78, 5) is 19.1. The first-order valence-corrected chi connectivity index (χ1v) is 7.42. The van der Waals surface area contributed by atoms with Crippen LogP contribution in [0.5, 0.6) is 0 Å². The number of nitrogens with two attached hydrogens (primary N) is 1. The lowest BCUT2D eigenvalue weighted by Crippen LogP contribution is -2.47. The molecular weight excluding hydrogens is 274 g/mol. The molecule has 0 aliphatic heterocycles. The van der Waals surface area contributed by atoms with Crippen molar-refractivity contribution in [1.82, 2.24) is 9.88 Å². The molecule has 2 N–H and O–H groups in total. The lowest BCUT2D eigenvalue weighted by molar-refractivity contribution is -0.122. The number of carbonyl (C=O) groups excluding carboxylic acids is 1. The monoisotopic (exact) mass is 297 g/mol. The summed E-state index contributed by atoms with van der Waals surface area (Å²) < 4.78 is 0. The topological polar surface area (TPSA) is 59.2 Å². The molecule has 0 saturated carbocycles. The van der Waals surface area contributed by atoms with Gasteiger partial charge >= 0.3 is 0 Å². The number of amides is 1. The second-order valence-electron chi connectivity index (χ2n) is 5.87. The van der Waals surface area contributed by atoms with E-state index in [0.29, 0.717) is 12.1 Å². The van der Waals surface area contributed by atoms with E-state index in [1.165, 1.54) is 0 Å². The van der Waals surface area contributed by atoms with Crippen LogP contribution in [0, 0.1) is 0 Å². The highest BCUT2D eigenvalue weighted by molar-refractivity contribution is 5.90. The summed E-state index contributed by atoms with van der Waals surface area (Å²) in [5.41, 5.74) is 6.54. The van der Waals surface area contributed by atoms with E-state index < -0.39 is 5.41 Å². The van der Waals surface area contributed by atoms with Crippen molar-refractivity contribution >= 4 is 5.91 Å². The van der Waals surface area contributed by atoms with E-state index in [-0.39, 0.29) is 11.9 Å². The third-order valence-electron chi connectivity index (χ3n) is 4.27. The van der Waals surface area contributed by atoms with Gasteiger partial charge in [0.05, 0.1) is 5.69 Å². The predicted molar refractivity (Wildman–Crippen MR) is 88.4 cm³/mol. The van der Waals surface area contributed by atoms with Crippen LogP contribution in [0.4, 0.5) is 0 Å².